The molecule has 0 aliphatic heterocycles. The molecule has 2 aliphatic carbocycles. The summed E-state index contributed by atoms with van der Waals surface area (Å²) >= 11 is 0. The Bertz CT molecular complexity index is 3940. The van der Waals surface area contributed by atoms with Gasteiger partial charge in [0.25, 0.3) is 0 Å². The maximum absolute atomic E-state index is 7.82. The lowest BCUT2D eigenvalue weighted by Gasteiger charge is -2.22. The second-order valence-electron chi connectivity index (χ2n) is 19.1. The van der Waals surface area contributed by atoms with Crippen LogP contribution in [0.15, 0.2) is 188 Å². The van der Waals surface area contributed by atoms with E-state index in [1.165, 1.54) is 44.5 Å². The lowest BCUT2D eigenvalue weighted by molar-refractivity contribution is 0.660. The topological polar surface area (TPSA) is 48.0 Å². The van der Waals surface area contributed by atoms with Crippen molar-refractivity contribution in [3.8, 4) is 73.2 Å². The average molecular weight is 858 g/mol. The number of benzene rings is 9. The van der Waals surface area contributed by atoms with E-state index in [1.54, 1.807) is 0 Å². The number of aromatic nitrogens is 4. The lowest BCUT2D eigenvalue weighted by atomic mass is 9.82. The molecule has 5 nitrogen and oxygen atoms in total. The van der Waals surface area contributed by atoms with Gasteiger partial charge in [0, 0.05) is 38.6 Å². The largest absolute Gasteiger partial charge is 0.309 e. The first-order valence-electron chi connectivity index (χ1n) is 23.0. The van der Waals surface area contributed by atoms with Crippen molar-refractivity contribution in [1.82, 2.24) is 19.5 Å². The van der Waals surface area contributed by atoms with E-state index in [0.717, 1.165) is 66.1 Å². The van der Waals surface area contributed by atoms with Gasteiger partial charge in [-0.15, -0.1) is 0 Å². The van der Waals surface area contributed by atoms with Gasteiger partial charge >= 0.3 is 0 Å². The molecule has 0 unspecified atom stereocenters. The molecule has 13 rings (SSSR count). The number of rotatable bonds is 5. The molecule has 11 aromatic rings. The first kappa shape index (κ1) is 39.0. The molecule has 0 saturated carbocycles. The first-order valence-corrected chi connectivity index (χ1v) is 23.0. The van der Waals surface area contributed by atoms with Crippen LogP contribution in [0.2, 0.25) is 0 Å². The van der Waals surface area contributed by atoms with Gasteiger partial charge in [0.1, 0.15) is 0 Å². The minimum Gasteiger partial charge on any atom is -0.309 e. The predicted octanol–water partition coefficient (Wildman–Crippen LogP) is 16.0. The summed E-state index contributed by atoms with van der Waals surface area (Å²) in [4.78, 5) is 19.9. The highest BCUT2D eigenvalue weighted by atomic mass is 15.0. The molecule has 0 atom stereocenters. The third-order valence-electron chi connectivity index (χ3n) is 14.7. The molecular formula is C62H43N5. The highest BCUT2D eigenvalue weighted by Gasteiger charge is 2.37. The Balaban J connectivity index is 0.998. The number of para-hydroxylation sites is 1. The molecule has 0 spiro atoms. The highest BCUT2D eigenvalue weighted by molar-refractivity contribution is 6.13. The monoisotopic (exact) mass is 857 g/mol. The van der Waals surface area contributed by atoms with E-state index < -0.39 is 0 Å². The molecule has 5 heteroatoms. The Morgan fingerprint density at radius 2 is 0.881 bits per heavy atom. The maximum Gasteiger partial charge on any atom is 0.188 e. The van der Waals surface area contributed by atoms with Crippen LogP contribution in [0.25, 0.3) is 111 Å². The van der Waals surface area contributed by atoms with Crippen molar-refractivity contribution < 1.29 is 0 Å². The Morgan fingerprint density at radius 3 is 1.61 bits per heavy atom. The summed E-state index contributed by atoms with van der Waals surface area (Å²) in [5.74, 6) is 1.91. The summed E-state index contributed by atoms with van der Waals surface area (Å²) in [5.41, 5.74) is 18.9. The third kappa shape index (κ3) is 5.76. The van der Waals surface area contributed by atoms with Gasteiger partial charge in [0.15, 0.2) is 23.2 Å². The van der Waals surface area contributed by atoms with Crippen LogP contribution in [-0.4, -0.2) is 19.5 Å². The number of hydrogen-bond acceptors (Lipinski definition) is 3. The molecule has 9 aromatic carbocycles. The minimum absolute atomic E-state index is 0.112. The summed E-state index contributed by atoms with van der Waals surface area (Å²) in [6, 6.07) is 67.1. The Labute approximate surface area is 389 Å². The molecule has 2 heterocycles. The SMILES string of the molecule is [C-]#[N+]c1ccc2c(c1)c1cc(-c3ccc(-c4nc(-c5ccc6c(c5)-c5ccccc5C6(C)C)nc(-c5ccc6c(c5)C(C)(C)c5ccccc5-6)n4)c4ccccc34)ccc1n2-c1ccccc1. The van der Waals surface area contributed by atoms with Crippen LogP contribution in [0.4, 0.5) is 5.69 Å². The van der Waals surface area contributed by atoms with E-state index in [9.17, 15) is 0 Å². The zero-order valence-corrected chi connectivity index (χ0v) is 37.6. The standard InChI is InChI=1S/C62H43N5/c1-61(2)53-22-14-12-20-46(53)49-34-38(24-30-54(49)61)58-64-59(39-23-27-47-45-19-11-13-21-52(45)62(3,4)55(47)35-39)66-60(65-58)48-29-28-42(43-17-9-10-18-44(43)48)37-25-31-56-50(33-37)51-36-40(63-5)26-32-57(51)67(56)41-15-7-6-8-16-41/h6-36H,1-4H3. The molecule has 316 valence electrons. The molecule has 0 radical (unpaired) electrons. The van der Waals surface area contributed by atoms with E-state index >= 15 is 0 Å². The average Bonchev–Trinajstić information content (AvgIpc) is 3.91. The van der Waals surface area contributed by atoms with Crippen molar-refractivity contribution in [1.29, 1.82) is 0 Å². The molecule has 67 heavy (non-hydrogen) atoms. The molecule has 0 N–H and O–H groups in total. The summed E-state index contributed by atoms with van der Waals surface area (Å²) in [5, 5.41) is 4.31. The van der Waals surface area contributed by atoms with Gasteiger partial charge in [0.05, 0.1) is 17.6 Å². The van der Waals surface area contributed by atoms with E-state index in [1.807, 2.05) is 18.2 Å². The fourth-order valence-corrected chi connectivity index (χ4v) is 11.3. The van der Waals surface area contributed by atoms with E-state index in [4.69, 9.17) is 21.5 Å². The molecule has 0 amide bonds. The number of nitrogens with zero attached hydrogens (tertiary/aromatic N) is 5. The maximum atomic E-state index is 7.82. The quantitative estimate of drug-likeness (QED) is 0.162. The van der Waals surface area contributed by atoms with Crippen LogP contribution in [0, 0.1) is 6.57 Å². The van der Waals surface area contributed by atoms with Crippen LogP contribution >= 0.6 is 0 Å². The highest BCUT2D eigenvalue weighted by Crippen LogP contribution is 2.51. The van der Waals surface area contributed by atoms with Gasteiger partial charge in [-0.1, -0.05) is 161 Å². The zero-order chi connectivity index (χ0) is 45.2. The van der Waals surface area contributed by atoms with Crippen LogP contribution < -0.4 is 0 Å². The van der Waals surface area contributed by atoms with Crippen LogP contribution in [0.3, 0.4) is 0 Å². The summed E-state index contributed by atoms with van der Waals surface area (Å²) < 4.78 is 2.29. The van der Waals surface area contributed by atoms with E-state index in [0.29, 0.717) is 23.2 Å². The van der Waals surface area contributed by atoms with Crippen molar-refractivity contribution in [2.75, 3.05) is 0 Å². The fourth-order valence-electron chi connectivity index (χ4n) is 11.3. The molecule has 2 aromatic heterocycles. The molecule has 0 fully saturated rings. The minimum atomic E-state index is -0.175. The van der Waals surface area contributed by atoms with Crippen molar-refractivity contribution in [2.45, 2.75) is 38.5 Å². The van der Waals surface area contributed by atoms with Crippen molar-refractivity contribution in [3.63, 3.8) is 0 Å². The normalized spacial score (nSPS) is 13.9. The Kier molecular flexibility index (Phi) is 8.30. The third-order valence-corrected chi connectivity index (χ3v) is 14.7. The number of fused-ring (bicyclic) bond motifs is 10. The summed E-state index contributed by atoms with van der Waals surface area (Å²) in [6.45, 7) is 17.1. The van der Waals surface area contributed by atoms with E-state index in [2.05, 4.69) is 207 Å². The molecule has 0 saturated heterocycles. The van der Waals surface area contributed by atoms with Gasteiger partial charge in [-0.25, -0.2) is 19.8 Å². The van der Waals surface area contributed by atoms with Gasteiger partial charge < -0.3 is 4.57 Å². The second-order valence-corrected chi connectivity index (χ2v) is 19.1. The van der Waals surface area contributed by atoms with Gasteiger partial charge in [-0.3, -0.25) is 0 Å². The zero-order valence-electron chi connectivity index (χ0n) is 37.6. The second kappa shape index (κ2) is 14.3. The van der Waals surface area contributed by atoms with Crippen LogP contribution in [0.5, 0.6) is 0 Å². The predicted molar refractivity (Wildman–Crippen MR) is 275 cm³/mol. The molecule has 0 bridgehead atoms. The number of hydrogen-bond donors (Lipinski definition) is 0. The van der Waals surface area contributed by atoms with Crippen LogP contribution in [-0.2, 0) is 10.8 Å². The van der Waals surface area contributed by atoms with Gasteiger partial charge in [-0.2, -0.15) is 0 Å². The smallest absolute Gasteiger partial charge is 0.188 e. The fraction of sp³-hybridized carbons (Fsp3) is 0.0968. The molecule has 2 aliphatic rings. The Morgan fingerprint density at radius 1 is 0.373 bits per heavy atom. The van der Waals surface area contributed by atoms with Crippen molar-refractivity contribution in [3.05, 3.63) is 222 Å². The summed E-state index contributed by atoms with van der Waals surface area (Å²) in [7, 11) is 0. The van der Waals surface area contributed by atoms with Gasteiger partial charge in [-0.05, 0) is 126 Å². The summed E-state index contributed by atoms with van der Waals surface area (Å²) in [6.07, 6.45) is 0. The van der Waals surface area contributed by atoms with Crippen molar-refractivity contribution in [2.24, 2.45) is 0 Å². The first-order chi connectivity index (χ1) is 32.7. The Hall–Kier alpha value is -8.46. The van der Waals surface area contributed by atoms with E-state index in [-0.39, 0.29) is 10.8 Å². The van der Waals surface area contributed by atoms with Crippen molar-refractivity contribution >= 4 is 38.3 Å². The van der Waals surface area contributed by atoms with Crippen LogP contribution in [0.1, 0.15) is 49.9 Å². The lowest BCUT2D eigenvalue weighted by Crippen LogP contribution is -2.15. The van der Waals surface area contributed by atoms with Gasteiger partial charge in [0.2, 0.25) is 0 Å². The molecular weight excluding hydrogens is 815 g/mol.